The van der Waals surface area contributed by atoms with E-state index in [-0.39, 0.29) is 0 Å². The van der Waals surface area contributed by atoms with Crippen LogP contribution < -0.4 is 5.73 Å². The van der Waals surface area contributed by atoms with Crippen LogP contribution in [0.2, 0.25) is 0 Å². The standard InChI is InChI=1S/C18H14N2OS/c1-11-12-6-3-5-9-16(12)21-17(11)15-10-22-18(20-15)13-7-2-4-8-14(13)19/h2-10H,19H2,1H3. The summed E-state index contributed by atoms with van der Waals surface area (Å²) < 4.78 is 5.98. The Morgan fingerprint density at radius 3 is 2.64 bits per heavy atom. The Morgan fingerprint density at radius 1 is 1.05 bits per heavy atom. The summed E-state index contributed by atoms with van der Waals surface area (Å²) in [6.07, 6.45) is 0. The number of thiazole rings is 1. The molecule has 108 valence electrons. The molecule has 0 radical (unpaired) electrons. The summed E-state index contributed by atoms with van der Waals surface area (Å²) >= 11 is 1.58. The van der Waals surface area contributed by atoms with Gasteiger partial charge in [0.2, 0.25) is 0 Å². The number of fused-ring (bicyclic) bond motifs is 1. The molecule has 0 fully saturated rings. The lowest BCUT2D eigenvalue weighted by Gasteiger charge is -2.00. The summed E-state index contributed by atoms with van der Waals surface area (Å²) in [5.41, 5.74) is 10.6. The third kappa shape index (κ3) is 2.00. The van der Waals surface area contributed by atoms with Crippen molar-refractivity contribution in [3.63, 3.8) is 0 Å². The molecule has 0 spiro atoms. The SMILES string of the molecule is Cc1c(-c2csc(-c3ccccc3N)n2)oc2ccccc12. The molecule has 2 aromatic carbocycles. The summed E-state index contributed by atoms with van der Waals surface area (Å²) in [7, 11) is 0. The Labute approximate surface area is 132 Å². The molecule has 0 saturated carbocycles. The third-order valence-corrected chi connectivity index (χ3v) is 4.65. The average Bonchev–Trinajstić information content (AvgIpc) is 3.13. The minimum atomic E-state index is 0.740. The predicted octanol–water partition coefficient (Wildman–Crippen LogP) is 5.11. The number of nitrogens with zero attached hydrogens (tertiary/aromatic N) is 1. The van der Waals surface area contributed by atoms with Crippen LogP contribution in [0.1, 0.15) is 5.56 Å². The third-order valence-electron chi connectivity index (χ3n) is 3.77. The number of furan rings is 1. The zero-order valence-electron chi connectivity index (χ0n) is 12.0. The van der Waals surface area contributed by atoms with Crippen molar-refractivity contribution >= 4 is 28.0 Å². The monoisotopic (exact) mass is 306 g/mol. The molecule has 2 heterocycles. The first kappa shape index (κ1) is 13.1. The van der Waals surface area contributed by atoms with E-state index in [4.69, 9.17) is 15.1 Å². The first-order valence-corrected chi connectivity index (χ1v) is 7.91. The van der Waals surface area contributed by atoms with E-state index in [1.54, 1.807) is 11.3 Å². The van der Waals surface area contributed by atoms with Crippen molar-refractivity contribution in [1.29, 1.82) is 0 Å². The van der Waals surface area contributed by atoms with Crippen molar-refractivity contribution in [1.82, 2.24) is 4.98 Å². The fourth-order valence-electron chi connectivity index (χ4n) is 2.61. The Kier molecular flexibility index (Phi) is 2.98. The molecule has 22 heavy (non-hydrogen) atoms. The van der Waals surface area contributed by atoms with Gasteiger partial charge in [-0.3, -0.25) is 0 Å². The van der Waals surface area contributed by atoms with Crippen molar-refractivity contribution in [2.75, 3.05) is 5.73 Å². The largest absolute Gasteiger partial charge is 0.454 e. The van der Waals surface area contributed by atoms with Crippen LogP contribution >= 0.6 is 11.3 Å². The predicted molar refractivity (Wildman–Crippen MR) is 91.9 cm³/mol. The Hall–Kier alpha value is -2.59. The number of anilines is 1. The fourth-order valence-corrected chi connectivity index (χ4v) is 3.46. The number of nitrogens with two attached hydrogens (primary N) is 1. The Balaban J connectivity index is 1.84. The summed E-state index contributed by atoms with van der Waals surface area (Å²) in [6, 6.07) is 15.8. The van der Waals surface area contributed by atoms with E-state index >= 15 is 0 Å². The summed E-state index contributed by atoms with van der Waals surface area (Å²) in [5, 5.41) is 4.06. The van der Waals surface area contributed by atoms with Gasteiger partial charge < -0.3 is 10.2 Å². The van der Waals surface area contributed by atoms with Gasteiger partial charge in [-0.15, -0.1) is 11.3 Å². The second-order valence-corrected chi connectivity index (χ2v) is 6.04. The second-order valence-electron chi connectivity index (χ2n) is 5.18. The van der Waals surface area contributed by atoms with E-state index in [9.17, 15) is 0 Å². The summed E-state index contributed by atoms with van der Waals surface area (Å²) in [4.78, 5) is 4.71. The zero-order valence-corrected chi connectivity index (χ0v) is 12.9. The lowest BCUT2D eigenvalue weighted by Crippen LogP contribution is -1.88. The van der Waals surface area contributed by atoms with Crippen LogP contribution in [0.4, 0.5) is 5.69 Å². The highest BCUT2D eigenvalue weighted by Gasteiger charge is 2.16. The van der Waals surface area contributed by atoms with E-state index in [0.29, 0.717) is 0 Å². The Bertz CT molecular complexity index is 968. The highest BCUT2D eigenvalue weighted by molar-refractivity contribution is 7.13. The highest BCUT2D eigenvalue weighted by atomic mass is 32.1. The molecule has 0 amide bonds. The van der Waals surface area contributed by atoms with Crippen molar-refractivity contribution in [3.8, 4) is 22.0 Å². The van der Waals surface area contributed by atoms with E-state index in [1.807, 2.05) is 47.8 Å². The summed E-state index contributed by atoms with van der Waals surface area (Å²) in [5.74, 6) is 0.832. The summed E-state index contributed by atoms with van der Waals surface area (Å²) in [6.45, 7) is 2.07. The number of rotatable bonds is 2. The maximum atomic E-state index is 6.03. The molecule has 4 rings (SSSR count). The molecule has 4 aromatic rings. The van der Waals surface area contributed by atoms with E-state index in [1.165, 1.54) is 0 Å². The molecular formula is C18H14N2OS. The zero-order chi connectivity index (χ0) is 15.1. The van der Waals surface area contributed by atoms with Gasteiger partial charge in [0.15, 0.2) is 5.76 Å². The lowest BCUT2D eigenvalue weighted by atomic mass is 10.1. The molecule has 4 heteroatoms. The van der Waals surface area contributed by atoms with E-state index in [2.05, 4.69) is 13.0 Å². The van der Waals surface area contributed by atoms with Crippen LogP contribution in [0.3, 0.4) is 0 Å². The van der Waals surface area contributed by atoms with Gasteiger partial charge in [0, 0.05) is 27.6 Å². The number of hydrogen-bond donors (Lipinski definition) is 1. The van der Waals surface area contributed by atoms with Crippen LogP contribution in [-0.2, 0) is 0 Å². The molecule has 0 unspecified atom stereocenters. The fraction of sp³-hybridized carbons (Fsp3) is 0.0556. The first-order chi connectivity index (χ1) is 10.7. The number of benzene rings is 2. The van der Waals surface area contributed by atoms with Gasteiger partial charge in [0.1, 0.15) is 16.3 Å². The van der Waals surface area contributed by atoms with Crippen LogP contribution in [0.25, 0.3) is 33.0 Å². The van der Waals surface area contributed by atoms with Crippen LogP contribution in [0.15, 0.2) is 58.3 Å². The van der Waals surface area contributed by atoms with Crippen molar-refractivity contribution in [2.24, 2.45) is 0 Å². The smallest absolute Gasteiger partial charge is 0.157 e. The topological polar surface area (TPSA) is 52.0 Å². The molecule has 0 atom stereocenters. The quantitative estimate of drug-likeness (QED) is 0.523. The molecule has 2 aromatic heterocycles. The second kappa shape index (κ2) is 5.00. The molecule has 3 nitrogen and oxygen atoms in total. The van der Waals surface area contributed by atoms with Crippen molar-refractivity contribution in [2.45, 2.75) is 6.92 Å². The molecule has 0 aliphatic rings. The van der Waals surface area contributed by atoms with Crippen molar-refractivity contribution in [3.05, 3.63) is 59.5 Å². The molecular weight excluding hydrogens is 292 g/mol. The van der Waals surface area contributed by atoms with Gasteiger partial charge in [-0.25, -0.2) is 4.98 Å². The minimum Gasteiger partial charge on any atom is -0.454 e. The molecule has 0 aliphatic carbocycles. The van der Waals surface area contributed by atoms with Gasteiger partial charge in [0.05, 0.1) is 0 Å². The Morgan fingerprint density at radius 2 is 1.82 bits per heavy atom. The molecule has 2 N–H and O–H groups in total. The van der Waals surface area contributed by atoms with Gasteiger partial charge in [-0.2, -0.15) is 0 Å². The number of hydrogen-bond acceptors (Lipinski definition) is 4. The number of aromatic nitrogens is 1. The number of aryl methyl sites for hydroxylation is 1. The highest BCUT2D eigenvalue weighted by Crippen LogP contribution is 2.36. The normalized spacial score (nSPS) is 11.1. The van der Waals surface area contributed by atoms with Gasteiger partial charge in [-0.05, 0) is 25.1 Å². The maximum absolute atomic E-state index is 6.03. The first-order valence-electron chi connectivity index (χ1n) is 7.03. The van der Waals surface area contributed by atoms with Crippen LogP contribution in [0.5, 0.6) is 0 Å². The van der Waals surface area contributed by atoms with E-state index in [0.717, 1.165) is 44.2 Å². The number of para-hydroxylation sites is 2. The minimum absolute atomic E-state index is 0.740. The van der Waals surface area contributed by atoms with Gasteiger partial charge in [-0.1, -0.05) is 30.3 Å². The van der Waals surface area contributed by atoms with Gasteiger partial charge >= 0.3 is 0 Å². The molecule has 0 saturated heterocycles. The van der Waals surface area contributed by atoms with Crippen LogP contribution in [-0.4, -0.2) is 4.98 Å². The lowest BCUT2D eigenvalue weighted by molar-refractivity contribution is 0.627. The van der Waals surface area contributed by atoms with Crippen LogP contribution in [0, 0.1) is 6.92 Å². The molecule has 0 bridgehead atoms. The van der Waals surface area contributed by atoms with Crippen molar-refractivity contribution < 1.29 is 4.42 Å². The molecule has 0 aliphatic heterocycles. The van der Waals surface area contributed by atoms with Gasteiger partial charge in [0.25, 0.3) is 0 Å². The maximum Gasteiger partial charge on any atom is 0.157 e. The average molecular weight is 306 g/mol. The van der Waals surface area contributed by atoms with E-state index < -0.39 is 0 Å². The number of nitrogen functional groups attached to an aromatic ring is 1.